The Hall–Kier alpha value is -3.05. The summed E-state index contributed by atoms with van der Waals surface area (Å²) in [5.74, 6) is 1.29. The molecule has 0 spiro atoms. The van der Waals surface area contributed by atoms with Crippen molar-refractivity contribution in [3.8, 4) is 11.5 Å². The minimum atomic E-state index is -0.627. The largest absolute Gasteiger partial charge is 0.493 e. The lowest BCUT2D eigenvalue weighted by Crippen LogP contribution is -2.31. The molecule has 1 unspecified atom stereocenters. The molecule has 0 saturated heterocycles. The summed E-state index contributed by atoms with van der Waals surface area (Å²) in [4.78, 5) is 17.1. The number of carbonyl (C=O) groups excluding carboxylic acids is 1. The van der Waals surface area contributed by atoms with E-state index in [1.54, 1.807) is 35.9 Å². The number of hydrogen-bond acceptors (Lipinski definition) is 7. The van der Waals surface area contributed by atoms with Crippen molar-refractivity contribution in [1.29, 1.82) is 0 Å². The zero-order chi connectivity index (χ0) is 25.1. The van der Waals surface area contributed by atoms with Crippen molar-refractivity contribution in [2.24, 2.45) is 5.73 Å². The summed E-state index contributed by atoms with van der Waals surface area (Å²) in [6.45, 7) is 3.88. The van der Waals surface area contributed by atoms with Gasteiger partial charge < -0.3 is 20.5 Å². The van der Waals surface area contributed by atoms with Crippen molar-refractivity contribution in [3.05, 3.63) is 69.1 Å². The Morgan fingerprint density at radius 2 is 2.11 bits per heavy atom. The van der Waals surface area contributed by atoms with Crippen LogP contribution >= 0.6 is 27.7 Å². The molecule has 8 nitrogen and oxygen atoms in total. The van der Waals surface area contributed by atoms with Crippen molar-refractivity contribution >= 4 is 39.5 Å². The minimum absolute atomic E-state index is 0.0190. The molecular formula is C24H25BrFN5O3S. The number of nitrogens with one attached hydrogen (secondary N) is 1. The van der Waals surface area contributed by atoms with E-state index in [0.717, 1.165) is 12.2 Å². The van der Waals surface area contributed by atoms with Crippen LogP contribution in [0.15, 0.2) is 57.3 Å². The Kier molecular flexibility index (Phi) is 7.66. The maximum Gasteiger partial charge on any atom is 0.248 e. The van der Waals surface area contributed by atoms with E-state index < -0.39 is 11.9 Å². The molecule has 0 aliphatic carbocycles. The molecule has 2 aromatic carbocycles. The van der Waals surface area contributed by atoms with Gasteiger partial charge in [0.15, 0.2) is 11.5 Å². The average Bonchev–Trinajstić information content (AvgIpc) is 3.23. The first kappa shape index (κ1) is 25.1. The summed E-state index contributed by atoms with van der Waals surface area (Å²) in [6, 6.07) is 9.36. The molecule has 2 heterocycles. The fraction of sp³-hybridized carbons (Fsp3) is 0.292. The van der Waals surface area contributed by atoms with Gasteiger partial charge in [-0.3, -0.25) is 4.79 Å². The molecule has 11 heteroatoms. The normalized spacial score (nSPS) is 14.9. The van der Waals surface area contributed by atoms with E-state index in [4.69, 9.17) is 15.2 Å². The zero-order valence-corrected chi connectivity index (χ0v) is 21.9. The second-order valence-electron chi connectivity index (χ2n) is 7.86. The number of primary amides is 1. The van der Waals surface area contributed by atoms with Crippen LogP contribution in [0.25, 0.3) is 0 Å². The number of anilines is 1. The number of benzene rings is 2. The zero-order valence-electron chi connectivity index (χ0n) is 19.5. The Bertz CT molecular complexity index is 1300. The summed E-state index contributed by atoms with van der Waals surface area (Å²) in [6.07, 6.45) is 0.980. The van der Waals surface area contributed by atoms with Crippen molar-refractivity contribution in [2.45, 2.75) is 38.1 Å². The lowest BCUT2D eigenvalue weighted by Gasteiger charge is -2.28. The molecule has 35 heavy (non-hydrogen) atoms. The molecule has 1 aliphatic heterocycles. The van der Waals surface area contributed by atoms with E-state index in [1.165, 1.54) is 24.9 Å². The van der Waals surface area contributed by atoms with Crippen LogP contribution in [-0.4, -0.2) is 33.5 Å². The van der Waals surface area contributed by atoms with Crippen molar-refractivity contribution in [3.63, 3.8) is 0 Å². The standard InChI is InChI=1S/C24H25BrFN5O3S/c1-4-9-35-24-29-23-28-13(2)19(22(27)32)20(31(23)30-24)15-10-16(25)21(18(11-15)33-3)34-12-14-7-5-6-8-17(14)26/h5-8,10-11,20H,4,9,12H2,1-3H3,(H2,27,32)(H,28,29,30). The summed E-state index contributed by atoms with van der Waals surface area (Å²) in [5, 5.41) is 8.38. The number of amides is 1. The lowest BCUT2D eigenvalue weighted by atomic mass is 9.95. The molecule has 3 aromatic rings. The number of nitrogens with two attached hydrogens (primary N) is 1. The number of fused-ring (bicyclic) bond motifs is 1. The van der Waals surface area contributed by atoms with Gasteiger partial charge in [0.1, 0.15) is 18.5 Å². The maximum atomic E-state index is 14.1. The molecule has 1 atom stereocenters. The van der Waals surface area contributed by atoms with E-state index in [1.807, 2.05) is 6.07 Å². The van der Waals surface area contributed by atoms with E-state index in [2.05, 4.69) is 38.3 Å². The molecule has 1 aromatic heterocycles. The molecule has 1 aliphatic rings. The van der Waals surface area contributed by atoms with Gasteiger partial charge in [0.05, 0.1) is 17.2 Å². The molecule has 0 bridgehead atoms. The minimum Gasteiger partial charge on any atom is -0.493 e. The van der Waals surface area contributed by atoms with Crippen LogP contribution in [0.2, 0.25) is 0 Å². The Morgan fingerprint density at radius 3 is 2.80 bits per heavy atom. The fourth-order valence-electron chi connectivity index (χ4n) is 3.82. The topological polar surface area (TPSA) is 104 Å². The van der Waals surface area contributed by atoms with E-state index in [-0.39, 0.29) is 12.4 Å². The Labute approximate surface area is 215 Å². The Morgan fingerprint density at radius 1 is 1.34 bits per heavy atom. The maximum absolute atomic E-state index is 14.1. The second-order valence-corrected chi connectivity index (χ2v) is 9.77. The number of aromatic nitrogens is 3. The molecule has 1 amide bonds. The summed E-state index contributed by atoms with van der Waals surface area (Å²) in [7, 11) is 1.51. The third kappa shape index (κ3) is 5.15. The van der Waals surface area contributed by atoms with Gasteiger partial charge in [0.2, 0.25) is 17.0 Å². The number of ether oxygens (including phenoxy) is 2. The summed E-state index contributed by atoms with van der Waals surface area (Å²) < 4.78 is 27.8. The van der Waals surface area contributed by atoms with Crippen LogP contribution in [0.4, 0.5) is 10.3 Å². The summed E-state index contributed by atoms with van der Waals surface area (Å²) in [5.41, 5.74) is 7.87. The molecular weight excluding hydrogens is 537 g/mol. The van der Waals surface area contributed by atoms with Crippen LogP contribution in [0, 0.1) is 5.82 Å². The third-order valence-corrected chi connectivity index (χ3v) is 7.06. The highest BCUT2D eigenvalue weighted by atomic mass is 79.9. The lowest BCUT2D eigenvalue weighted by molar-refractivity contribution is -0.115. The van der Waals surface area contributed by atoms with E-state index >= 15 is 0 Å². The number of methoxy groups -OCH3 is 1. The predicted molar refractivity (Wildman–Crippen MR) is 136 cm³/mol. The third-order valence-electron chi connectivity index (χ3n) is 5.43. The number of allylic oxidation sites excluding steroid dienone is 1. The van der Waals surface area contributed by atoms with Crippen LogP contribution in [0.1, 0.15) is 37.4 Å². The van der Waals surface area contributed by atoms with E-state index in [0.29, 0.717) is 49.5 Å². The van der Waals surface area contributed by atoms with Gasteiger partial charge in [-0.1, -0.05) is 36.9 Å². The van der Waals surface area contributed by atoms with Gasteiger partial charge in [0.25, 0.3) is 0 Å². The smallest absolute Gasteiger partial charge is 0.248 e. The van der Waals surface area contributed by atoms with Gasteiger partial charge in [-0.25, -0.2) is 9.07 Å². The first-order chi connectivity index (χ1) is 16.8. The molecule has 0 fully saturated rings. The highest BCUT2D eigenvalue weighted by Gasteiger charge is 2.34. The molecule has 184 valence electrons. The van der Waals surface area contributed by atoms with Gasteiger partial charge in [0, 0.05) is 17.0 Å². The number of nitrogens with zero attached hydrogens (tertiary/aromatic N) is 3. The fourth-order valence-corrected chi connectivity index (χ4v) is 5.07. The number of thioether (sulfide) groups is 1. The predicted octanol–water partition coefficient (Wildman–Crippen LogP) is 5.04. The van der Waals surface area contributed by atoms with Crippen molar-refractivity contribution in [2.75, 3.05) is 18.2 Å². The first-order valence-corrected chi connectivity index (χ1v) is 12.7. The monoisotopic (exact) mass is 561 g/mol. The van der Waals surface area contributed by atoms with Crippen LogP contribution in [0.5, 0.6) is 11.5 Å². The van der Waals surface area contributed by atoms with Crippen LogP contribution < -0.4 is 20.5 Å². The second kappa shape index (κ2) is 10.7. The van der Waals surface area contributed by atoms with Gasteiger partial charge in [-0.15, -0.1) is 5.10 Å². The first-order valence-electron chi connectivity index (χ1n) is 10.9. The number of hydrogen-bond donors (Lipinski definition) is 2. The quantitative estimate of drug-likeness (QED) is 0.352. The summed E-state index contributed by atoms with van der Waals surface area (Å²) >= 11 is 5.09. The highest BCUT2D eigenvalue weighted by Crippen LogP contribution is 2.43. The van der Waals surface area contributed by atoms with Gasteiger partial charge in [-0.05, 0) is 53.0 Å². The van der Waals surface area contributed by atoms with Gasteiger partial charge >= 0.3 is 0 Å². The average molecular weight is 562 g/mol. The van der Waals surface area contributed by atoms with Crippen molar-refractivity contribution < 1.29 is 18.7 Å². The molecule has 0 saturated carbocycles. The number of carbonyl (C=O) groups is 1. The van der Waals surface area contributed by atoms with Crippen LogP contribution in [-0.2, 0) is 11.4 Å². The Balaban J connectivity index is 1.75. The molecule has 3 N–H and O–H groups in total. The SMILES string of the molecule is CCCSc1nc2n(n1)C(c1cc(Br)c(OCc3ccccc3F)c(OC)c1)C(C(N)=O)=C(C)N2. The number of halogens is 2. The molecule has 4 rings (SSSR count). The van der Waals surface area contributed by atoms with Crippen LogP contribution in [0.3, 0.4) is 0 Å². The van der Waals surface area contributed by atoms with Gasteiger partial charge in [-0.2, -0.15) is 4.98 Å². The number of rotatable bonds is 9. The van der Waals surface area contributed by atoms with Crippen molar-refractivity contribution in [1.82, 2.24) is 14.8 Å². The molecule has 0 radical (unpaired) electrons. The highest BCUT2D eigenvalue weighted by molar-refractivity contribution is 9.10. The van der Waals surface area contributed by atoms with E-state index in [9.17, 15) is 9.18 Å².